The van der Waals surface area contributed by atoms with Crippen LogP contribution in [0.4, 0.5) is 0 Å². The van der Waals surface area contributed by atoms with Gasteiger partial charge in [0.1, 0.15) is 23.1 Å². The topological polar surface area (TPSA) is 82.3 Å². The molecule has 0 fully saturated rings. The summed E-state index contributed by atoms with van der Waals surface area (Å²) < 4.78 is 12.0. The van der Waals surface area contributed by atoms with Crippen LogP contribution in [0.5, 0.6) is 11.5 Å². The molecular formula is C34H44N6O2S2. The van der Waals surface area contributed by atoms with Crippen LogP contribution in [-0.2, 0) is 0 Å². The van der Waals surface area contributed by atoms with Crippen LogP contribution in [0.2, 0.25) is 0 Å². The molecule has 5 aromatic rings. The highest BCUT2D eigenvalue weighted by Gasteiger charge is 2.10. The summed E-state index contributed by atoms with van der Waals surface area (Å²) >= 11 is 3.88. The summed E-state index contributed by atoms with van der Waals surface area (Å²) in [6.45, 7) is 3.66. The van der Waals surface area contributed by atoms with Gasteiger partial charge in [-0.25, -0.2) is 9.97 Å². The van der Waals surface area contributed by atoms with E-state index in [1.165, 1.54) is 12.8 Å². The van der Waals surface area contributed by atoms with Crippen molar-refractivity contribution in [1.82, 2.24) is 29.7 Å². The molecule has 0 bridgehead atoms. The van der Waals surface area contributed by atoms with Crippen molar-refractivity contribution >= 4 is 45.6 Å². The molecule has 0 aliphatic heterocycles. The van der Waals surface area contributed by atoms with Crippen molar-refractivity contribution in [2.45, 2.75) is 12.8 Å². The summed E-state index contributed by atoms with van der Waals surface area (Å²) in [4.78, 5) is 21.0. The maximum absolute atomic E-state index is 6.00. The maximum atomic E-state index is 6.00. The third kappa shape index (κ3) is 9.41. The summed E-state index contributed by atoms with van der Waals surface area (Å²) in [5, 5.41) is 0. The van der Waals surface area contributed by atoms with Gasteiger partial charge in [0.15, 0.2) is 0 Å². The van der Waals surface area contributed by atoms with E-state index in [0.717, 1.165) is 92.4 Å². The number of ether oxygens (including phenoxy) is 2. The fourth-order valence-electron chi connectivity index (χ4n) is 4.82. The Hall–Kier alpha value is -3.18. The van der Waals surface area contributed by atoms with Crippen molar-refractivity contribution < 1.29 is 9.47 Å². The van der Waals surface area contributed by atoms with Crippen molar-refractivity contribution in [3.63, 3.8) is 0 Å². The van der Waals surface area contributed by atoms with Crippen molar-refractivity contribution in [3.05, 3.63) is 60.7 Å². The zero-order valence-corrected chi connectivity index (χ0v) is 27.9. The fourth-order valence-corrected chi connectivity index (χ4v) is 6.30. The molecule has 0 atom stereocenters. The Kier molecular flexibility index (Phi) is 11.9. The summed E-state index contributed by atoms with van der Waals surface area (Å²) in [5.74, 6) is 7.70. The first-order valence-corrected chi connectivity index (χ1v) is 17.6. The van der Waals surface area contributed by atoms with Gasteiger partial charge in [-0.2, -0.15) is 23.5 Å². The SMILES string of the molecule is CN(C)CCCSCCOc1ccc2nc(-c3ccc(-c4nc5ccc(OCCSCCCN(C)C)cc5[nH]4)cc3)[nH]c2c1. The van der Waals surface area contributed by atoms with E-state index in [9.17, 15) is 0 Å². The number of imidazole rings is 2. The minimum atomic E-state index is 0.702. The van der Waals surface area contributed by atoms with Gasteiger partial charge in [-0.1, -0.05) is 24.3 Å². The second-order valence-electron chi connectivity index (χ2n) is 11.3. The minimum absolute atomic E-state index is 0.702. The average molecular weight is 633 g/mol. The van der Waals surface area contributed by atoms with Gasteiger partial charge in [0.25, 0.3) is 0 Å². The number of H-pyrrole nitrogens is 2. The van der Waals surface area contributed by atoms with Crippen molar-refractivity contribution in [1.29, 1.82) is 0 Å². The molecule has 234 valence electrons. The van der Waals surface area contributed by atoms with E-state index in [0.29, 0.717) is 13.2 Å². The van der Waals surface area contributed by atoms with Gasteiger partial charge < -0.3 is 29.2 Å². The number of aromatic amines is 2. The molecule has 5 rings (SSSR count). The Bertz CT molecular complexity index is 1480. The van der Waals surface area contributed by atoms with E-state index in [2.05, 4.69) is 72.2 Å². The molecule has 0 radical (unpaired) electrons. The molecule has 2 N–H and O–H groups in total. The predicted octanol–water partition coefficient (Wildman–Crippen LogP) is 6.90. The van der Waals surface area contributed by atoms with Gasteiger partial charge in [0, 0.05) is 34.8 Å². The van der Waals surface area contributed by atoms with Crippen LogP contribution in [-0.4, -0.2) is 107 Å². The lowest BCUT2D eigenvalue weighted by molar-refractivity contribution is 0.344. The lowest BCUT2D eigenvalue weighted by Gasteiger charge is -2.09. The Balaban J connectivity index is 1.13. The predicted molar refractivity (Wildman–Crippen MR) is 189 cm³/mol. The first-order chi connectivity index (χ1) is 21.4. The molecule has 2 aromatic heterocycles. The largest absolute Gasteiger partial charge is 0.493 e. The minimum Gasteiger partial charge on any atom is -0.493 e. The molecule has 2 heterocycles. The number of hydrogen-bond acceptors (Lipinski definition) is 8. The van der Waals surface area contributed by atoms with Crippen LogP contribution in [0.1, 0.15) is 12.8 Å². The van der Waals surface area contributed by atoms with Crippen LogP contribution in [0.3, 0.4) is 0 Å². The van der Waals surface area contributed by atoms with Crippen LogP contribution in [0.15, 0.2) is 60.7 Å². The molecule has 3 aromatic carbocycles. The number of rotatable bonds is 18. The lowest BCUT2D eigenvalue weighted by Crippen LogP contribution is -2.13. The Morgan fingerprint density at radius 3 is 1.43 bits per heavy atom. The van der Waals surface area contributed by atoms with Crippen molar-refractivity contribution in [2.75, 3.05) is 77.5 Å². The van der Waals surface area contributed by atoms with Crippen LogP contribution in [0, 0.1) is 0 Å². The molecule has 0 aliphatic rings. The van der Waals surface area contributed by atoms with Crippen LogP contribution in [0.25, 0.3) is 44.8 Å². The van der Waals surface area contributed by atoms with Gasteiger partial charge >= 0.3 is 0 Å². The van der Waals surface area contributed by atoms with Gasteiger partial charge in [-0.3, -0.25) is 0 Å². The molecule has 0 unspecified atom stereocenters. The molecule has 44 heavy (non-hydrogen) atoms. The third-order valence-corrected chi connectivity index (χ3v) is 9.18. The monoisotopic (exact) mass is 632 g/mol. The highest BCUT2D eigenvalue weighted by molar-refractivity contribution is 7.99. The summed E-state index contributed by atoms with van der Waals surface area (Å²) in [5.41, 5.74) is 5.83. The van der Waals surface area contributed by atoms with Crippen molar-refractivity contribution in [3.8, 4) is 34.3 Å². The van der Waals surface area contributed by atoms with Crippen LogP contribution >= 0.6 is 23.5 Å². The van der Waals surface area contributed by atoms with E-state index in [-0.39, 0.29) is 0 Å². The van der Waals surface area contributed by atoms with Gasteiger partial charge in [0.05, 0.1) is 35.3 Å². The quantitative estimate of drug-likeness (QED) is 0.101. The maximum Gasteiger partial charge on any atom is 0.138 e. The summed E-state index contributed by atoms with van der Waals surface area (Å²) in [6.07, 6.45) is 2.40. The summed E-state index contributed by atoms with van der Waals surface area (Å²) in [6, 6.07) is 20.4. The smallest absolute Gasteiger partial charge is 0.138 e. The second-order valence-corrected chi connectivity index (χ2v) is 13.8. The van der Waals surface area contributed by atoms with E-state index in [1.807, 2.05) is 59.9 Å². The number of hydrogen-bond donors (Lipinski definition) is 2. The Morgan fingerprint density at radius 1 is 0.591 bits per heavy atom. The normalized spacial score (nSPS) is 11.8. The van der Waals surface area contributed by atoms with E-state index < -0.39 is 0 Å². The number of nitrogens with zero attached hydrogens (tertiary/aromatic N) is 4. The van der Waals surface area contributed by atoms with E-state index in [1.54, 1.807) is 0 Å². The van der Waals surface area contributed by atoms with Gasteiger partial charge in [0.2, 0.25) is 0 Å². The molecule has 8 nitrogen and oxygen atoms in total. The number of fused-ring (bicyclic) bond motifs is 2. The molecule has 0 aliphatic carbocycles. The number of thioether (sulfide) groups is 2. The number of nitrogens with one attached hydrogen (secondary N) is 2. The van der Waals surface area contributed by atoms with Gasteiger partial charge in [-0.15, -0.1) is 0 Å². The molecule has 0 saturated heterocycles. The van der Waals surface area contributed by atoms with E-state index in [4.69, 9.17) is 19.4 Å². The number of benzene rings is 3. The molecule has 0 spiro atoms. The highest BCUT2D eigenvalue weighted by atomic mass is 32.2. The van der Waals surface area contributed by atoms with E-state index >= 15 is 0 Å². The number of aromatic nitrogens is 4. The molecule has 0 saturated carbocycles. The standard InChI is InChI=1S/C34H44N6O2S2/c1-39(2)15-5-19-43-21-17-41-27-11-13-29-31(23-27)37-33(35-29)25-7-9-26(10-8-25)34-36-30-14-12-28(24-32(30)38-34)42-18-22-44-20-6-16-40(3)4/h7-14,23-24H,5-6,15-22H2,1-4H3,(H,35,37)(H,36,38). The summed E-state index contributed by atoms with van der Waals surface area (Å²) in [7, 11) is 8.46. The Labute approximate surface area is 269 Å². The fraction of sp³-hybridized carbons (Fsp3) is 0.412. The zero-order valence-electron chi connectivity index (χ0n) is 26.3. The zero-order chi connectivity index (χ0) is 30.7. The first kappa shape index (κ1) is 32.2. The highest BCUT2D eigenvalue weighted by Crippen LogP contribution is 2.28. The Morgan fingerprint density at radius 2 is 1.02 bits per heavy atom. The van der Waals surface area contributed by atoms with Crippen LogP contribution < -0.4 is 9.47 Å². The first-order valence-electron chi connectivity index (χ1n) is 15.3. The van der Waals surface area contributed by atoms with Crippen molar-refractivity contribution in [2.24, 2.45) is 0 Å². The molecule has 0 amide bonds. The average Bonchev–Trinajstić information content (AvgIpc) is 3.64. The lowest BCUT2D eigenvalue weighted by atomic mass is 10.1. The third-order valence-electron chi connectivity index (χ3n) is 7.12. The molecular weight excluding hydrogens is 589 g/mol. The van der Waals surface area contributed by atoms with Gasteiger partial charge in [-0.05, 0) is 89.9 Å². The molecule has 10 heteroatoms. The second kappa shape index (κ2) is 16.2.